The van der Waals surface area contributed by atoms with Crippen molar-refractivity contribution >= 4 is 23.4 Å². The van der Waals surface area contributed by atoms with Crippen LogP contribution < -0.4 is 10.1 Å². The number of hydrogen-bond acceptors (Lipinski definition) is 4. The fourth-order valence-corrected chi connectivity index (χ4v) is 4.15. The molecule has 0 bridgehead atoms. The minimum atomic E-state index is -0.829. The lowest BCUT2D eigenvalue weighted by molar-refractivity contribution is -0.141. The highest BCUT2D eigenvalue weighted by Gasteiger charge is 2.31. The molecule has 1 atom stereocenters. The molecular weight excluding hydrogens is 486 g/mol. The highest BCUT2D eigenvalue weighted by Crippen LogP contribution is 2.26. The van der Waals surface area contributed by atoms with Gasteiger partial charge in [0.1, 0.15) is 11.8 Å². The van der Waals surface area contributed by atoms with Crippen LogP contribution in [-0.2, 0) is 29.1 Å². The molecule has 0 spiro atoms. The van der Waals surface area contributed by atoms with E-state index in [0.29, 0.717) is 11.6 Å². The first-order valence-electron chi connectivity index (χ1n) is 11.9. The molecule has 2 amide bonds. The van der Waals surface area contributed by atoms with Gasteiger partial charge in [0, 0.05) is 30.5 Å². The maximum atomic E-state index is 13.8. The summed E-state index contributed by atoms with van der Waals surface area (Å²) in [5, 5.41) is 3.61. The number of carbonyl (C=O) groups is 2. The van der Waals surface area contributed by atoms with Crippen molar-refractivity contribution in [1.82, 2.24) is 15.2 Å². The Labute approximate surface area is 221 Å². The molecule has 0 unspecified atom stereocenters. The zero-order chi connectivity index (χ0) is 26.0. The molecule has 0 aliphatic heterocycles. The Morgan fingerprint density at radius 2 is 1.51 bits per heavy atom. The molecule has 0 aliphatic carbocycles. The number of nitrogens with zero attached hydrogens (tertiary/aromatic N) is 2. The van der Waals surface area contributed by atoms with Crippen molar-refractivity contribution in [3.05, 3.63) is 131 Å². The largest absolute Gasteiger partial charge is 0.497 e. The van der Waals surface area contributed by atoms with E-state index in [1.165, 1.54) is 0 Å². The van der Waals surface area contributed by atoms with E-state index in [1.54, 1.807) is 36.5 Å². The average Bonchev–Trinajstić information content (AvgIpc) is 2.94. The number of hydrogen-bond donors (Lipinski definition) is 1. The molecule has 1 N–H and O–H groups in total. The smallest absolute Gasteiger partial charge is 0.247 e. The molecule has 188 valence electrons. The molecule has 6 nitrogen and oxygen atoms in total. The summed E-state index contributed by atoms with van der Waals surface area (Å²) in [6.45, 7) is 0.574. The lowest BCUT2D eigenvalue weighted by Gasteiger charge is -2.32. The van der Waals surface area contributed by atoms with Gasteiger partial charge in [-0.1, -0.05) is 66.2 Å². The number of carbonyl (C=O) groups excluding carboxylic acids is 2. The van der Waals surface area contributed by atoms with Gasteiger partial charge >= 0.3 is 0 Å². The Morgan fingerprint density at radius 3 is 2.16 bits per heavy atom. The van der Waals surface area contributed by atoms with Crippen LogP contribution in [0.3, 0.4) is 0 Å². The second kappa shape index (κ2) is 12.7. The van der Waals surface area contributed by atoms with Crippen LogP contribution in [0.25, 0.3) is 0 Å². The number of aromatic nitrogens is 1. The van der Waals surface area contributed by atoms with Crippen molar-refractivity contribution < 1.29 is 14.3 Å². The van der Waals surface area contributed by atoms with E-state index in [9.17, 15) is 9.59 Å². The average molecular weight is 514 g/mol. The van der Waals surface area contributed by atoms with Crippen molar-refractivity contribution in [1.29, 1.82) is 0 Å². The van der Waals surface area contributed by atoms with Crippen molar-refractivity contribution in [2.24, 2.45) is 0 Å². The van der Waals surface area contributed by atoms with Gasteiger partial charge in [-0.3, -0.25) is 14.6 Å². The monoisotopic (exact) mass is 513 g/mol. The Morgan fingerprint density at radius 1 is 0.865 bits per heavy atom. The summed E-state index contributed by atoms with van der Waals surface area (Å²) >= 11 is 6.04. The van der Waals surface area contributed by atoms with Gasteiger partial charge in [0.2, 0.25) is 11.8 Å². The SMILES string of the molecule is COc1ccc(CN(C(=O)Cc2ccc(Cl)cc2)[C@@H](C(=O)NCc2ccncc2)c2ccccc2)cc1. The zero-order valence-corrected chi connectivity index (χ0v) is 21.3. The van der Waals surface area contributed by atoms with E-state index in [4.69, 9.17) is 16.3 Å². The van der Waals surface area contributed by atoms with E-state index in [0.717, 1.165) is 28.0 Å². The number of nitrogens with one attached hydrogen (secondary N) is 1. The number of benzene rings is 3. The fourth-order valence-electron chi connectivity index (χ4n) is 4.02. The molecule has 0 fully saturated rings. The number of rotatable bonds is 10. The van der Waals surface area contributed by atoms with E-state index >= 15 is 0 Å². The van der Waals surface area contributed by atoms with Gasteiger partial charge in [0.25, 0.3) is 0 Å². The third-order valence-electron chi connectivity index (χ3n) is 5.99. The molecule has 1 heterocycles. The predicted molar refractivity (Wildman–Crippen MR) is 144 cm³/mol. The van der Waals surface area contributed by atoms with E-state index in [-0.39, 0.29) is 24.8 Å². The Bertz CT molecular complexity index is 1300. The molecule has 1 aromatic heterocycles. The van der Waals surface area contributed by atoms with Crippen LogP contribution in [0.15, 0.2) is 103 Å². The van der Waals surface area contributed by atoms with Crippen LogP contribution in [-0.4, -0.2) is 28.8 Å². The summed E-state index contributed by atoms with van der Waals surface area (Å²) in [6, 6.07) is 26.9. The molecule has 4 rings (SSSR count). The second-order valence-corrected chi connectivity index (χ2v) is 9.00. The summed E-state index contributed by atoms with van der Waals surface area (Å²) in [6.07, 6.45) is 3.50. The van der Waals surface area contributed by atoms with E-state index < -0.39 is 6.04 Å². The normalized spacial score (nSPS) is 11.4. The van der Waals surface area contributed by atoms with Gasteiger partial charge in [-0.15, -0.1) is 0 Å². The molecule has 7 heteroatoms. The molecule has 0 saturated heterocycles. The van der Waals surface area contributed by atoms with Crippen molar-refractivity contribution in [2.45, 2.75) is 25.6 Å². The number of ether oxygens (including phenoxy) is 1. The zero-order valence-electron chi connectivity index (χ0n) is 20.5. The molecule has 37 heavy (non-hydrogen) atoms. The second-order valence-electron chi connectivity index (χ2n) is 8.56. The number of pyridine rings is 1. The van der Waals surface area contributed by atoms with Crippen LogP contribution >= 0.6 is 11.6 Å². The minimum Gasteiger partial charge on any atom is -0.497 e. The van der Waals surface area contributed by atoms with Gasteiger partial charge in [0.15, 0.2) is 0 Å². The third kappa shape index (κ3) is 7.18. The first-order chi connectivity index (χ1) is 18.0. The molecular formula is C30H28ClN3O3. The Balaban J connectivity index is 1.67. The Kier molecular flexibility index (Phi) is 8.89. The molecule has 3 aromatic carbocycles. The summed E-state index contributed by atoms with van der Waals surface area (Å²) < 4.78 is 5.28. The van der Waals surface area contributed by atoms with Crippen molar-refractivity contribution in [3.8, 4) is 5.75 Å². The number of halogens is 1. The highest BCUT2D eigenvalue weighted by molar-refractivity contribution is 6.30. The van der Waals surface area contributed by atoms with Crippen molar-refractivity contribution in [2.75, 3.05) is 7.11 Å². The number of methoxy groups -OCH3 is 1. The van der Waals surface area contributed by atoms with Gasteiger partial charge in [0.05, 0.1) is 13.5 Å². The maximum absolute atomic E-state index is 13.8. The topological polar surface area (TPSA) is 71.5 Å². The maximum Gasteiger partial charge on any atom is 0.247 e. The van der Waals surface area contributed by atoms with Crippen LogP contribution in [0.2, 0.25) is 5.02 Å². The van der Waals surface area contributed by atoms with Gasteiger partial charge in [-0.05, 0) is 58.7 Å². The Hall–Kier alpha value is -4.16. The summed E-state index contributed by atoms with van der Waals surface area (Å²) in [5.74, 6) is 0.282. The molecule has 4 aromatic rings. The van der Waals surface area contributed by atoms with Crippen LogP contribution in [0.4, 0.5) is 0 Å². The predicted octanol–water partition coefficient (Wildman–Crippen LogP) is 5.37. The number of amides is 2. The minimum absolute atomic E-state index is 0.133. The summed E-state index contributed by atoms with van der Waals surface area (Å²) in [4.78, 5) is 33.2. The summed E-state index contributed by atoms with van der Waals surface area (Å²) in [7, 11) is 1.61. The van der Waals surface area contributed by atoms with Gasteiger partial charge in [-0.25, -0.2) is 0 Å². The van der Waals surface area contributed by atoms with Crippen LogP contribution in [0, 0.1) is 0 Å². The van der Waals surface area contributed by atoms with E-state index in [2.05, 4.69) is 10.3 Å². The van der Waals surface area contributed by atoms with Gasteiger partial charge < -0.3 is 15.0 Å². The van der Waals surface area contributed by atoms with E-state index in [1.807, 2.05) is 78.9 Å². The summed E-state index contributed by atoms with van der Waals surface area (Å²) in [5.41, 5.74) is 3.35. The van der Waals surface area contributed by atoms with Crippen LogP contribution in [0.5, 0.6) is 5.75 Å². The van der Waals surface area contributed by atoms with Crippen molar-refractivity contribution in [3.63, 3.8) is 0 Å². The van der Waals surface area contributed by atoms with Gasteiger partial charge in [-0.2, -0.15) is 0 Å². The lowest BCUT2D eigenvalue weighted by atomic mass is 10.0. The quantitative estimate of drug-likeness (QED) is 0.309. The first-order valence-corrected chi connectivity index (χ1v) is 12.3. The molecule has 0 radical (unpaired) electrons. The first kappa shape index (κ1) is 25.9. The third-order valence-corrected chi connectivity index (χ3v) is 6.24. The fraction of sp³-hybridized carbons (Fsp3) is 0.167. The molecule has 0 aliphatic rings. The lowest BCUT2D eigenvalue weighted by Crippen LogP contribution is -2.43. The molecule has 0 saturated carbocycles. The standard InChI is InChI=1S/C30H28ClN3O3/c1-37-27-13-9-24(10-14-27)21-34(28(35)19-22-7-11-26(31)12-8-22)29(25-5-3-2-4-6-25)30(36)33-20-23-15-17-32-18-16-23/h2-18,29H,19-21H2,1H3,(H,33,36)/t29-/m1/s1. The van der Waals surface area contributed by atoms with Crippen LogP contribution in [0.1, 0.15) is 28.3 Å². The highest BCUT2D eigenvalue weighted by atomic mass is 35.5.